The molecule has 4 amide bonds. The van der Waals surface area contributed by atoms with Crippen LogP contribution in [0.25, 0.3) is 16.5 Å². The second-order valence-electron chi connectivity index (χ2n) is 28.4. The van der Waals surface area contributed by atoms with Gasteiger partial charge in [0, 0.05) is 109 Å². The Hall–Kier alpha value is -11.2. The van der Waals surface area contributed by atoms with E-state index in [-0.39, 0.29) is 61.2 Å². The maximum absolute atomic E-state index is 12.4. The van der Waals surface area contributed by atoms with Crippen molar-refractivity contribution in [2.75, 3.05) is 50.0 Å². The Morgan fingerprint density at radius 1 is 0.565 bits per heavy atom. The number of rotatable bonds is 22. The number of nitrogens with one attached hydrogen (secondary N) is 3. The average Bonchev–Trinajstić information content (AvgIpc) is 1.60. The summed E-state index contributed by atoms with van der Waals surface area (Å²) in [6.07, 6.45) is 17.0. The summed E-state index contributed by atoms with van der Waals surface area (Å²) >= 11 is 0. The van der Waals surface area contributed by atoms with Gasteiger partial charge in [0.15, 0.2) is 11.5 Å². The molecule has 0 aromatic heterocycles. The molecule has 1 fully saturated rings. The number of imide groups is 1. The molecule has 0 unspecified atom stereocenters. The first-order valence-corrected chi connectivity index (χ1v) is 37.1. The summed E-state index contributed by atoms with van der Waals surface area (Å²) in [4.78, 5) is 63.3. The molecule has 7 N–H and O–H groups in total. The van der Waals surface area contributed by atoms with E-state index in [9.17, 15) is 19.2 Å². The molecule has 0 bridgehead atoms. The van der Waals surface area contributed by atoms with E-state index in [2.05, 4.69) is 295 Å². The molecule has 3 aliphatic rings. The Morgan fingerprint density at radius 3 is 1.65 bits per heavy atom. The third kappa shape index (κ3) is 25.2. The van der Waals surface area contributed by atoms with Crippen molar-refractivity contribution in [3.8, 4) is 0 Å². The fourth-order valence-electron chi connectivity index (χ4n) is 12.9. The van der Waals surface area contributed by atoms with Gasteiger partial charge in [-0.2, -0.15) is 4.58 Å². The highest BCUT2D eigenvalue weighted by Gasteiger charge is 2.43. The molecule has 0 atom stereocenters. The van der Waals surface area contributed by atoms with E-state index in [1.807, 2.05) is 62.4 Å². The number of hydrogen-bond acceptors (Lipinski definition) is 8. The van der Waals surface area contributed by atoms with Crippen molar-refractivity contribution < 1.29 is 44.2 Å². The zero-order valence-corrected chi connectivity index (χ0v) is 64.9. The minimum atomic E-state index is -0.316. The second-order valence-corrected chi connectivity index (χ2v) is 28.4. The lowest BCUT2D eigenvalue weighted by Gasteiger charge is -2.27. The van der Waals surface area contributed by atoms with Crippen LogP contribution in [0.2, 0.25) is 0 Å². The van der Waals surface area contributed by atoms with Gasteiger partial charge in [0.2, 0.25) is 11.6 Å². The third-order valence-corrected chi connectivity index (χ3v) is 19.2. The molecule has 566 valence electrons. The van der Waals surface area contributed by atoms with Gasteiger partial charge < -0.3 is 36.5 Å². The quantitative estimate of drug-likeness (QED) is 0.0110. The number of amides is 4. The van der Waals surface area contributed by atoms with Crippen LogP contribution in [0.4, 0.5) is 17.1 Å². The van der Waals surface area contributed by atoms with Gasteiger partial charge in [0.05, 0.1) is 12.0 Å². The molecular formula is C94H115N7O7+2. The summed E-state index contributed by atoms with van der Waals surface area (Å²) < 4.78 is 2.31. The topological polar surface area (TPSA) is 188 Å². The molecule has 3 aliphatic heterocycles. The zero-order chi connectivity index (χ0) is 77.5. The van der Waals surface area contributed by atoms with Gasteiger partial charge in [0.1, 0.15) is 7.05 Å². The standard InChI is InChI=1S/C41H49N3O.C21H22N2O.C13H13NO3.C9H13N.C8H10.CH2O2.CH4/c1-31-24-26-32(27-25-31)28-29-42-39(45)23-11-8-16-30-44-36-20-15-13-18-34(36)41(4,5)38(44)22-10-7-9-21-37-40(2,3)33-17-12-14-19-35(33)43(37)6;1-15-9-11-17(12-10-15)21(24)23-14-13-22-20-8-4-6-18-16(2)5-3-7-19(18)20;1-9-3-5-11(6-4-9)10(2)17-14-12(15)7-8-13(14)16;1-8-2-4-9(5-3-8)6-7-10;1-7-3-5-8(2)6-4-7;2-1-3;/h7,9-10,12-15,17-22,24-27H,8,11,16,23,28-30H2,1-6H3;3-12,22H,13-14H2,1-2H3,(H,23,24);3-6H,2,7-8H2,1H3;2-5H,6-7,10H2,1H3;3-6H,1-2H3;1H,(H,2,3);1H4/p+2. The summed E-state index contributed by atoms with van der Waals surface area (Å²) in [5.74, 6) is -0.214. The van der Waals surface area contributed by atoms with Gasteiger partial charge >= 0.3 is 0 Å². The monoisotopic (exact) mass is 1450 g/mol. The van der Waals surface area contributed by atoms with E-state index in [1.165, 1.54) is 83.6 Å². The summed E-state index contributed by atoms with van der Waals surface area (Å²) in [5, 5.41) is 19.6. The minimum Gasteiger partial charge on any atom is -0.483 e. The van der Waals surface area contributed by atoms with Crippen LogP contribution in [0.5, 0.6) is 0 Å². The van der Waals surface area contributed by atoms with E-state index in [4.69, 9.17) is 14.7 Å². The van der Waals surface area contributed by atoms with Crippen LogP contribution in [-0.2, 0) is 47.7 Å². The number of anilines is 2. The first kappa shape index (κ1) is 85.7. The molecular weight excluding hydrogens is 1340 g/mol. The molecule has 9 aromatic rings. The number of carbonyl (C=O) groups excluding carboxylic acids is 4. The highest BCUT2D eigenvalue weighted by atomic mass is 16.7. The predicted molar refractivity (Wildman–Crippen MR) is 447 cm³/mol. The Balaban J connectivity index is 0.000000240. The van der Waals surface area contributed by atoms with Crippen LogP contribution in [0, 0.1) is 48.5 Å². The van der Waals surface area contributed by atoms with Gasteiger partial charge in [-0.1, -0.05) is 262 Å². The summed E-state index contributed by atoms with van der Waals surface area (Å²) in [7, 11) is 2.16. The Kier molecular flexibility index (Phi) is 34.0. The molecule has 14 nitrogen and oxygen atoms in total. The van der Waals surface area contributed by atoms with E-state index < -0.39 is 0 Å². The van der Waals surface area contributed by atoms with Crippen LogP contribution in [0.1, 0.15) is 151 Å². The number of nitrogens with zero attached hydrogens (tertiary/aromatic N) is 3. The number of hydroxylamine groups is 2. The number of carbonyl (C=O) groups is 5. The minimum absolute atomic E-state index is 0. The highest BCUT2D eigenvalue weighted by Crippen LogP contribution is 2.48. The van der Waals surface area contributed by atoms with E-state index >= 15 is 0 Å². The first-order valence-electron chi connectivity index (χ1n) is 37.1. The number of benzene rings is 9. The fraction of sp³-hybridized carbons (Fsp3) is 0.298. The van der Waals surface area contributed by atoms with E-state index in [0.717, 1.165) is 72.6 Å². The average molecular weight is 1450 g/mol. The number of quaternary nitrogens is 1. The van der Waals surface area contributed by atoms with Crippen molar-refractivity contribution >= 4 is 69.4 Å². The number of carboxylic acid groups (broad SMARTS) is 1. The smallest absolute Gasteiger partial charge is 0.290 e. The van der Waals surface area contributed by atoms with Crippen molar-refractivity contribution in [3.63, 3.8) is 0 Å². The van der Waals surface area contributed by atoms with Crippen molar-refractivity contribution in [1.29, 1.82) is 0 Å². The first-order chi connectivity index (χ1) is 51.4. The number of para-hydroxylation sites is 2. The number of hydrogen-bond donors (Lipinski definition) is 5. The van der Waals surface area contributed by atoms with Gasteiger partial charge in [-0.3, -0.25) is 24.0 Å². The maximum atomic E-state index is 12.4. The normalized spacial score (nSPS) is 13.7. The zero-order valence-electron chi connectivity index (χ0n) is 64.9. The lowest BCUT2D eigenvalue weighted by Crippen LogP contribution is -2.51. The van der Waals surface area contributed by atoms with E-state index in [0.29, 0.717) is 37.4 Å². The summed E-state index contributed by atoms with van der Waals surface area (Å²) in [5.41, 5.74) is 25.6. The molecule has 108 heavy (non-hydrogen) atoms. The van der Waals surface area contributed by atoms with Crippen LogP contribution in [0.3, 0.4) is 0 Å². The molecule has 0 saturated carbocycles. The SMILES string of the molecule is C.C=C(ON1C(=O)CCC1=O)c1ccc(C)cc1.Cc1ccc(C(=O)NCCNc2cccc3c(C)cccc23)cc1.Cc1ccc(C)cc1.Cc1ccc(CCNC(=O)CCCCCN2/C(=C/C=C/C=C/C3=[N+](C)c4ccccc4C3(C)C)C(C)(C)c3ccccc32)cc1.Cc1ccc(CC[NH3+])cc1.O=CO. The van der Waals surface area contributed by atoms with Crippen LogP contribution in [-0.4, -0.2) is 90.3 Å². The number of fused-ring (bicyclic) bond motifs is 3. The van der Waals surface area contributed by atoms with Crippen LogP contribution >= 0.6 is 0 Å². The van der Waals surface area contributed by atoms with Gasteiger partial charge in [0.25, 0.3) is 24.2 Å². The Bertz CT molecular complexity index is 4510. The fourth-order valence-corrected chi connectivity index (χ4v) is 12.9. The van der Waals surface area contributed by atoms with Crippen LogP contribution in [0.15, 0.2) is 249 Å². The van der Waals surface area contributed by atoms with E-state index in [1.54, 1.807) is 0 Å². The molecule has 0 aliphatic carbocycles. The van der Waals surface area contributed by atoms with Gasteiger partial charge in [-0.05, 0) is 140 Å². The van der Waals surface area contributed by atoms with Gasteiger partial charge in [-0.15, -0.1) is 5.06 Å². The predicted octanol–water partition coefficient (Wildman–Crippen LogP) is 18.5. The van der Waals surface area contributed by atoms with Crippen molar-refractivity contribution in [1.82, 2.24) is 15.7 Å². The summed E-state index contributed by atoms with van der Waals surface area (Å²) in [6, 6.07) is 70.8. The van der Waals surface area contributed by atoms with Crippen molar-refractivity contribution in [3.05, 3.63) is 321 Å². The number of unbranched alkanes of at least 4 members (excludes halogenated alkanes) is 2. The molecule has 9 aromatic carbocycles. The lowest BCUT2D eigenvalue weighted by molar-refractivity contribution is -0.401. The Morgan fingerprint density at radius 2 is 1.07 bits per heavy atom. The summed E-state index contributed by atoms with van der Waals surface area (Å²) in [6.45, 7) is 31.1. The third-order valence-electron chi connectivity index (χ3n) is 19.2. The molecule has 0 radical (unpaired) electrons. The Labute approximate surface area is 642 Å². The molecule has 1 saturated heterocycles. The molecule has 3 heterocycles. The molecule has 0 spiro atoms. The number of aryl methyl sites for hydroxylation is 7. The lowest BCUT2D eigenvalue weighted by atomic mass is 9.81. The second kappa shape index (κ2) is 42.8. The number of allylic oxidation sites excluding steroid dienone is 6. The van der Waals surface area contributed by atoms with Crippen LogP contribution < -0.4 is 26.6 Å². The largest absolute Gasteiger partial charge is 0.483 e. The van der Waals surface area contributed by atoms with Gasteiger partial charge in [-0.25, -0.2) is 0 Å². The van der Waals surface area contributed by atoms with Crippen molar-refractivity contribution in [2.45, 2.75) is 146 Å². The molecule has 14 heteroatoms. The van der Waals surface area contributed by atoms with Crippen molar-refractivity contribution in [2.24, 2.45) is 0 Å². The molecule has 12 rings (SSSR count). The highest BCUT2D eigenvalue weighted by molar-refractivity contribution is 6.03. The maximum Gasteiger partial charge on any atom is 0.290 e.